The van der Waals surface area contributed by atoms with Crippen LogP contribution in [0.3, 0.4) is 0 Å². The molecular formula is C23H18N2O2. The van der Waals surface area contributed by atoms with Crippen molar-refractivity contribution < 1.29 is 9.21 Å². The molecule has 0 atom stereocenters. The van der Waals surface area contributed by atoms with Crippen LogP contribution in [0.1, 0.15) is 22.7 Å². The number of oxazole rings is 1. The zero-order chi connectivity index (χ0) is 18.5. The van der Waals surface area contributed by atoms with Crippen molar-refractivity contribution in [3.63, 3.8) is 0 Å². The number of aromatic nitrogens is 2. The first-order valence-electron chi connectivity index (χ1n) is 8.83. The number of carbonyl (C=O) groups excluding carboxylic acids is 1. The predicted octanol–water partition coefficient (Wildman–Crippen LogP) is 5.22. The Hall–Kier alpha value is -3.53. The van der Waals surface area contributed by atoms with E-state index in [0.717, 1.165) is 11.1 Å². The van der Waals surface area contributed by atoms with Crippen molar-refractivity contribution in [2.45, 2.75) is 12.8 Å². The van der Waals surface area contributed by atoms with Gasteiger partial charge in [0.25, 0.3) is 5.89 Å². The summed E-state index contributed by atoms with van der Waals surface area (Å²) in [5, 5.41) is 0. The highest BCUT2D eigenvalue weighted by Crippen LogP contribution is 2.21. The number of rotatable bonds is 6. The highest BCUT2D eigenvalue weighted by Gasteiger charge is 2.14. The topological polar surface area (TPSA) is 56.0 Å². The Bertz CT molecular complexity index is 1020. The van der Waals surface area contributed by atoms with E-state index in [0.29, 0.717) is 18.6 Å². The third kappa shape index (κ3) is 4.01. The van der Waals surface area contributed by atoms with Crippen LogP contribution in [0.4, 0.5) is 0 Å². The standard InChI is InChI=1S/C23H18N2O2/c26-21(23-25-16-22(27-23)20-7-4-14-24-15-20)13-10-17-8-11-19(12-9-17)18-5-2-1-3-6-18/h1-9,11-12,14-16H,10,13H2. The summed E-state index contributed by atoms with van der Waals surface area (Å²) in [6.45, 7) is 0. The van der Waals surface area contributed by atoms with E-state index in [-0.39, 0.29) is 11.7 Å². The Kier molecular flexibility index (Phi) is 4.88. The maximum atomic E-state index is 12.4. The minimum absolute atomic E-state index is 0.0997. The van der Waals surface area contributed by atoms with E-state index in [9.17, 15) is 4.79 Å². The van der Waals surface area contributed by atoms with E-state index in [2.05, 4.69) is 46.4 Å². The molecular weight excluding hydrogens is 336 g/mol. The number of aryl methyl sites for hydroxylation is 1. The van der Waals surface area contributed by atoms with Crippen molar-refractivity contribution in [3.8, 4) is 22.5 Å². The number of nitrogens with zero attached hydrogens (tertiary/aromatic N) is 2. The maximum Gasteiger partial charge on any atom is 0.263 e. The number of hydrogen-bond donors (Lipinski definition) is 0. The van der Waals surface area contributed by atoms with Crippen molar-refractivity contribution in [2.24, 2.45) is 0 Å². The molecule has 0 unspecified atom stereocenters. The lowest BCUT2D eigenvalue weighted by Gasteiger charge is -2.04. The maximum absolute atomic E-state index is 12.4. The molecule has 4 heteroatoms. The summed E-state index contributed by atoms with van der Waals surface area (Å²) >= 11 is 0. The third-order valence-corrected chi connectivity index (χ3v) is 4.39. The van der Waals surface area contributed by atoms with Crippen LogP contribution in [0, 0.1) is 0 Å². The summed E-state index contributed by atoms with van der Waals surface area (Å²) in [5.74, 6) is 0.602. The summed E-state index contributed by atoms with van der Waals surface area (Å²) in [5.41, 5.74) is 4.27. The molecule has 0 amide bonds. The predicted molar refractivity (Wildman–Crippen MR) is 104 cm³/mol. The molecule has 0 fully saturated rings. The molecule has 132 valence electrons. The van der Waals surface area contributed by atoms with Crippen molar-refractivity contribution in [2.75, 3.05) is 0 Å². The number of ketones is 1. The van der Waals surface area contributed by atoms with E-state index in [1.165, 1.54) is 11.1 Å². The van der Waals surface area contributed by atoms with E-state index >= 15 is 0 Å². The van der Waals surface area contributed by atoms with Crippen LogP contribution in [0.5, 0.6) is 0 Å². The molecule has 0 saturated heterocycles. The van der Waals surface area contributed by atoms with Crippen molar-refractivity contribution in [1.82, 2.24) is 9.97 Å². The van der Waals surface area contributed by atoms with Crippen LogP contribution in [0.15, 0.2) is 89.7 Å². The van der Waals surface area contributed by atoms with Crippen LogP contribution in [0.2, 0.25) is 0 Å². The molecule has 4 nitrogen and oxygen atoms in total. The van der Waals surface area contributed by atoms with Gasteiger partial charge in [0.2, 0.25) is 5.78 Å². The average Bonchev–Trinajstić information content (AvgIpc) is 3.24. The highest BCUT2D eigenvalue weighted by atomic mass is 16.4. The van der Waals surface area contributed by atoms with Crippen molar-refractivity contribution in [1.29, 1.82) is 0 Å². The van der Waals surface area contributed by atoms with Crippen LogP contribution >= 0.6 is 0 Å². The number of Topliss-reactive ketones (excluding diaryl/α,β-unsaturated/α-hetero) is 1. The molecule has 0 radical (unpaired) electrons. The second-order valence-electron chi connectivity index (χ2n) is 6.26. The normalized spacial score (nSPS) is 10.7. The van der Waals surface area contributed by atoms with Crippen molar-refractivity contribution >= 4 is 5.78 Å². The zero-order valence-electron chi connectivity index (χ0n) is 14.7. The van der Waals surface area contributed by atoms with Gasteiger partial charge >= 0.3 is 0 Å². The van der Waals surface area contributed by atoms with Gasteiger partial charge < -0.3 is 4.42 Å². The van der Waals surface area contributed by atoms with Gasteiger partial charge in [0.1, 0.15) is 0 Å². The molecule has 4 aromatic rings. The molecule has 2 aromatic carbocycles. The number of pyridine rings is 1. The van der Waals surface area contributed by atoms with E-state index in [4.69, 9.17) is 4.42 Å². The van der Waals surface area contributed by atoms with Gasteiger partial charge in [-0.15, -0.1) is 0 Å². The zero-order valence-corrected chi connectivity index (χ0v) is 14.7. The summed E-state index contributed by atoms with van der Waals surface area (Å²) in [4.78, 5) is 20.5. The fourth-order valence-electron chi connectivity index (χ4n) is 2.90. The van der Waals surface area contributed by atoms with Gasteiger partial charge in [-0.3, -0.25) is 9.78 Å². The van der Waals surface area contributed by atoms with Crippen LogP contribution in [-0.4, -0.2) is 15.8 Å². The second kappa shape index (κ2) is 7.79. The molecule has 0 N–H and O–H groups in total. The van der Waals surface area contributed by atoms with E-state index in [1.54, 1.807) is 18.6 Å². The second-order valence-corrected chi connectivity index (χ2v) is 6.26. The molecule has 2 heterocycles. The van der Waals surface area contributed by atoms with Gasteiger partial charge in [-0.25, -0.2) is 4.98 Å². The minimum atomic E-state index is -0.0997. The summed E-state index contributed by atoms with van der Waals surface area (Å²) in [6.07, 6.45) is 5.95. The molecule has 0 spiro atoms. The van der Waals surface area contributed by atoms with E-state index < -0.39 is 0 Å². The lowest BCUT2D eigenvalue weighted by Crippen LogP contribution is -2.01. The summed E-state index contributed by atoms with van der Waals surface area (Å²) in [7, 11) is 0. The van der Waals surface area contributed by atoms with Gasteiger partial charge in [-0.05, 0) is 35.2 Å². The SMILES string of the molecule is O=C(CCc1ccc(-c2ccccc2)cc1)c1ncc(-c2cccnc2)o1. The fraction of sp³-hybridized carbons (Fsp3) is 0.0870. The monoisotopic (exact) mass is 354 g/mol. The van der Waals surface area contributed by atoms with Crippen LogP contribution in [-0.2, 0) is 6.42 Å². The Balaban J connectivity index is 1.39. The van der Waals surface area contributed by atoms with Gasteiger partial charge in [0.15, 0.2) is 5.76 Å². The molecule has 27 heavy (non-hydrogen) atoms. The largest absolute Gasteiger partial charge is 0.434 e. The average molecular weight is 354 g/mol. The quantitative estimate of drug-likeness (QED) is 0.446. The number of hydrogen-bond acceptors (Lipinski definition) is 4. The van der Waals surface area contributed by atoms with Gasteiger partial charge in [0, 0.05) is 24.4 Å². The van der Waals surface area contributed by atoms with Gasteiger partial charge in [-0.1, -0.05) is 54.6 Å². The third-order valence-electron chi connectivity index (χ3n) is 4.39. The Morgan fingerprint density at radius 3 is 2.30 bits per heavy atom. The van der Waals surface area contributed by atoms with Crippen LogP contribution in [0.25, 0.3) is 22.5 Å². The Morgan fingerprint density at radius 2 is 1.56 bits per heavy atom. The number of carbonyl (C=O) groups is 1. The van der Waals surface area contributed by atoms with Crippen molar-refractivity contribution in [3.05, 3.63) is 96.8 Å². The Morgan fingerprint density at radius 1 is 0.815 bits per heavy atom. The first-order valence-corrected chi connectivity index (χ1v) is 8.83. The van der Waals surface area contributed by atoms with Gasteiger partial charge in [0.05, 0.1) is 6.20 Å². The smallest absolute Gasteiger partial charge is 0.263 e. The molecule has 0 aliphatic heterocycles. The van der Waals surface area contributed by atoms with E-state index in [1.807, 2.05) is 30.3 Å². The van der Waals surface area contributed by atoms with Gasteiger partial charge in [-0.2, -0.15) is 0 Å². The molecule has 0 saturated carbocycles. The lowest BCUT2D eigenvalue weighted by molar-refractivity contribution is 0.0950. The first kappa shape index (κ1) is 16.9. The highest BCUT2D eigenvalue weighted by molar-refractivity contribution is 5.92. The minimum Gasteiger partial charge on any atom is -0.434 e. The first-order chi connectivity index (χ1) is 13.3. The molecule has 0 bridgehead atoms. The Labute approximate surface area is 157 Å². The molecule has 0 aliphatic carbocycles. The summed E-state index contributed by atoms with van der Waals surface area (Å²) in [6, 6.07) is 22.2. The lowest BCUT2D eigenvalue weighted by atomic mass is 10.0. The fourth-order valence-corrected chi connectivity index (χ4v) is 2.90. The number of benzene rings is 2. The molecule has 4 rings (SSSR count). The molecule has 0 aliphatic rings. The summed E-state index contributed by atoms with van der Waals surface area (Å²) < 4.78 is 5.60. The molecule has 2 aromatic heterocycles. The van der Waals surface area contributed by atoms with Crippen LogP contribution < -0.4 is 0 Å².